The molecule has 0 saturated heterocycles. The summed E-state index contributed by atoms with van der Waals surface area (Å²) < 4.78 is 10.3. The molecular weight excluding hydrogens is 226 g/mol. The van der Waals surface area contributed by atoms with Gasteiger partial charge in [-0.15, -0.1) is 11.6 Å². The van der Waals surface area contributed by atoms with Gasteiger partial charge in [-0.3, -0.25) is 0 Å². The number of methoxy groups -OCH3 is 1. The van der Waals surface area contributed by atoms with E-state index in [-0.39, 0.29) is 0 Å². The highest BCUT2D eigenvalue weighted by molar-refractivity contribution is 6.21. The van der Waals surface area contributed by atoms with Crippen LogP contribution in [0.25, 0.3) is 0 Å². The fourth-order valence-corrected chi connectivity index (χ4v) is 2.52. The molecule has 0 aromatic rings. The lowest BCUT2D eigenvalue weighted by Crippen LogP contribution is -2.35. The van der Waals surface area contributed by atoms with Gasteiger partial charge in [-0.2, -0.15) is 0 Å². The van der Waals surface area contributed by atoms with Crippen LogP contribution in [0.1, 0.15) is 19.3 Å². The molecule has 3 nitrogen and oxygen atoms in total. The van der Waals surface area contributed by atoms with E-state index in [1.54, 1.807) is 7.11 Å². The van der Waals surface area contributed by atoms with Crippen LogP contribution in [0.15, 0.2) is 0 Å². The van der Waals surface area contributed by atoms with Gasteiger partial charge in [0.25, 0.3) is 0 Å². The Morgan fingerprint density at radius 1 is 1.25 bits per heavy atom. The van der Waals surface area contributed by atoms with Crippen molar-refractivity contribution in [3.05, 3.63) is 0 Å². The molecule has 0 aliphatic heterocycles. The summed E-state index contributed by atoms with van der Waals surface area (Å²) in [6.45, 7) is 4.51. The molecule has 4 heteroatoms. The van der Waals surface area contributed by atoms with Gasteiger partial charge in [0, 0.05) is 32.2 Å². The Hall–Kier alpha value is 0.170. The first-order valence-corrected chi connectivity index (χ1v) is 6.55. The summed E-state index contributed by atoms with van der Waals surface area (Å²) in [4.78, 5) is 2.38. The Morgan fingerprint density at radius 3 is 2.62 bits per heavy atom. The molecule has 0 amide bonds. The summed E-state index contributed by atoms with van der Waals surface area (Å²) in [5.41, 5.74) is 0. The first-order chi connectivity index (χ1) is 7.72. The molecule has 0 radical (unpaired) electrons. The van der Waals surface area contributed by atoms with Crippen molar-refractivity contribution >= 4 is 11.6 Å². The van der Waals surface area contributed by atoms with Crippen molar-refractivity contribution in [3.8, 4) is 0 Å². The highest BCUT2D eigenvalue weighted by Crippen LogP contribution is 2.32. The summed E-state index contributed by atoms with van der Waals surface area (Å²) in [6.07, 6.45) is 3.48. The monoisotopic (exact) mass is 249 g/mol. The molecule has 0 atom stereocenters. The van der Waals surface area contributed by atoms with Gasteiger partial charge in [0.05, 0.1) is 13.2 Å². The number of alkyl halides is 1. The average Bonchev–Trinajstić information content (AvgIpc) is 2.21. The van der Waals surface area contributed by atoms with Crippen LogP contribution in [0, 0.1) is 5.92 Å². The Kier molecular flexibility index (Phi) is 7.37. The lowest BCUT2D eigenvalue weighted by molar-refractivity contribution is 0.0650. The molecule has 1 aliphatic rings. The third-order valence-electron chi connectivity index (χ3n) is 3.01. The van der Waals surface area contributed by atoms with Crippen molar-refractivity contribution in [2.24, 2.45) is 5.92 Å². The molecular formula is C12H24ClNO2. The molecule has 0 bridgehead atoms. The zero-order chi connectivity index (χ0) is 11.8. The first-order valence-electron chi connectivity index (χ1n) is 6.11. The lowest BCUT2D eigenvalue weighted by atomic mass is 9.84. The molecule has 1 fully saturated rings. The number of halogens is 1. The van der Waals surface area contributed by atoms with Crippen LogP contribution in [0.4, 0.5) is 0 Å². The molecule has 0 aromatic heterocycles. The van der Waals surface area contributed by atoms with Gasteiger partial charge in [0.1, 0.15) is 0 Å². The van der Waals surface area contributed by atoms with Crippen LogP contribution < -0.4 is 0 Å². The molecule has 1 aliphatic carbocycles. The van der Waals surface area contributed by atoms with Gasteiger partial charge in [0.2, 0.25) is 0 Å². The van der Waals surface area contributed by atoms with E-state index in [4.69, 9.17) is 21.1 Å². The van der Waals surface area contributed by atoms with Gasteiger partial charge < -0.3 is 14.4 Å². The maximum Gasteiger partial charge on any atom is 0.0700 e. The second-order valence-electron chi connectivity index (χ2n) is 4.66. The second-order valence-corrected chi connectivity index (χ2v) is 5.27. The average molecular weight is 250 g/mol. The number of hydrogen-bond donors (Lipinski definition) is 0. The van der Waals surface area contributed by atoms with Gasteiger partial charge in [0.15, 0.2) is 0 Å². The topological polar surface area (TPSA) is 21.7 Å². The number of ether oxygens (including phenoxy) is 2. The van der Waals surface area contributed by atoms with E-state index in [2.05, 4.69) is 11.9 Å². The fourth-order valence-electron chi connectivity index (χ4n) is 2.02. The van der Waals surface area contributed by atoms with E-state index >= 15 is 0 Å². The number of rotatable bonds is 9. The highest BCUT2D eigenvalue weighted by atomic mass is 35.5. The predicted molar refractivity (Wildman–Crippen MR) is 67.2 cm³/mol. The summed E-state index contributed by atoms with van der Waals surface area (Å²) in [7, 11) is 3.87. The van der Waals surface area contributed by atoms with Crippen LogP contribution >= 0.6 is 11.6 Å². The van der Waals surface area contributed by atoms with Crippen LogP contribution in [0.5, 0.6) is 0 Å². The third kappa shape index (κ3) is 6.04. The SMILES string of the molecule is COCCOCCCN(C)CC1CC(Cl)C1. The third-order valence-corrected chi connectivity index (χ3v) is 3.36. The van der Waals surface area contributed by atoms with Crippen LogP contribution in [-0.4, -0.2) is 57.3 Å². The van der Waals surface area contributed by atoms with E-state index in [1.807, 2.05) is 0 Å². The molecule has 0 heterocycles. The van der Waals surface area contributed by atoms with Crippen molar-refractivity contribution in [2.75, 3.05) is 47.1 Å². The Balaban J connectivity index is 1.84. The Bertz CT molecular complexity index is 174. The normalized spacial score (nSPS) is 24.8. The Morgan fingerprint density at radius 2 is 2.00 bits per heavy atom. The predicted octanol–water partition coefficient (Wildman–Crippen LogP) is 1.99. The molecule has 0 aromatic carbocycles. The van der Waals surface area contributed by atoms with Crippen molar-refractivity contribution < 1.29 is 9.47 Å². The molecule has 96 valence electrons. The minimum absolute atomic E-state index is 0.441. The molecule has 0 N–H and O–H groups in total. The largest absolute Gasteiger partial charge is 0.382 e. The van der Waals surface area contributed by atoms with E-state index in [0.29, 0.717) is 18.6 Å². The summed E-state index contributed by atoms with van der Waals surface area (Å²) in [6, 6.07) is 0. The zero-order valence-corrected chi connectivity index (χ0v) is 11.2. The van der Waals surface area contributed by atoms with Gasteiger partial charge in [-0.25, -0.2) is 0 Å². The van der Waals surface area contributed by atoms with Gasteiger partial charge in [-0.05, 0) is 32.2 Å². The molecule has 0 spiro atoms. The van der Waals surface area contributed by atoms with E-state index < -0.39 is 0 Å². The molecule has 1 rings (SSSR count). The minimum Gasteiger partial charge on any atom is -0.382 e. The van der Waals surface area contributed by atoms with Crippen LogP contribution in [0.3, 0.4) is 0 Å². The van der Waals surface area contributed by atoms with E-state index in [1.165, 1.54) is 19.4 Å². The quantitative estimate of drug-likeness (QED) is 0.461. The van der Waals surface area contributed by atoms with Crippen LogP contribution in [0.2, 0.25) is 0 Å². The minimum atomic E-state index is 0.441. The molecule has 16 heavy (non-hydrogen) atoms. The van der Waals surface area contributed by atoms with Gasteiger partial charge in [-0.1, -0.05) is 0 Å². The fraction of sp³-hybridized carbons (Fsp3) is 1.00. The number of nitrogens with zero attached hydrogens (tertiary/aromatic N) is 1. The van der Waals surface area contributed by atoms with Crippen molar-refractivity contribution in [3.63, 3.8) is 0 Å². The maximum atomic E-state index is 5.95. The second kappa shape index (κ2) is 8.29. The smallest absolute Gasteiger partial charge is 0.0700 e. The first kappa shape index (κ1) is 14.2. The summed E-state index contributed by atoms with van der Waals surface area (Å²) >= 11 is 5.95. The highest BCUT2D eigenvalue weighted by Gasteiger charge is 2.27. The van der Waals surface area contributed by atoms with Crippen molar-refractivity contribution in [1.29, 1.82) is 0 Å². The van der Waals surface area contributed by atoms with Crippen molar-refractivity contribution in [2.45, 2.75) is 24.6 Å². The molecule has 0 unspecified atom stereocenters. The standard InChI is InChI=1S/C12H24ClNO2/c1-14(10-11-8-12(13)9-11)4-3-5-16-7-6-15-2/h11-12H,3-10H2,1-2H3. The van der Waals surface area contributed by atoms with Crippen molar-refractivity contribution in [1.82, 2.24) is 4.90 Å². The van der Waals surface area contributed by atoms with Gasteiger partial charge >= 0.3 is 0 Å². The number of hydrogen-bond acceptors (Lipinski definition) is 3. The Labute approximate surface area is 104 Å². The summed E-state index contributed by atoms with van der Waals surface area (Å²) in [5.74, 6) is 0.821. The maximum absolute atomic E-state index is 5.95. The molecule has 1 saturated carbocycles. The van der Waals surface area contributed by atoms with Crippen LogP contribution in [-0.2, 0) is 9.47 Å². The van der Waals surface area contributed by atoms with E-state index in [0.717, 1.165) is 25.5 Å². The lowest BCUT2D eigenvalue weighted by Gasteiger charge is -2.34. The zero-order valence-electron chi connectivity index (χ0n) is 10.5. The van der Waals surface area contributed by atoms with E-state index in [9.17, 15) is 0 Å². The summed E-state index contributed by atoms with van der Waals surface area (Å²) in [5, 5.41) is 0.441.